The van der Waals surface area contributed by atoms with Crippen LogP contribution in [0.4, 0.5) is 0 Å². The van der Waals surface area contributed by atoms with Crippen LogP contribution in [0.5, 0.6) is 0 Å². The van der Waals surface area contributed by atoms with E-state index in [1.54, 1.807) is 7.11 Å². The molecule has 4 nitrogen and oxygen atoms in total. The molecule has 2 fully saturated rings. The van der Waals surface area contributed by atoms with Gasteiger partial charge in [0.15, 0.2) is 0 Å². The van der Waals surface area contributed by atoms with Crippen molar-refractivity contribution in [1.82, 2.24) is 10.6 Å². The fourth-order valence-corrected chi connectivity index (χ4v) is 1.88. The highest BCUT2D eigenvalue weighted by atomic mass is 16.5. The van der Waals surface area contributed by atoms with Crippen LogP contribution in [0.15, 0.2) is 0 Å². The van der Waals surface area contributed by atoms with Gasteiger partial charge in [0.2, 0.25) is 5.91 Å². The fraction of sp³-hybridized carbons (Fsp3) is 0.917. The highest BCUT2D eigenvalue weighted by Crippen LogP contribution is 2.48. The molecular weight excluding hydrogens is 204 g/mol. The zero-order valence-electron chi connectivity index (χ0n) is 10.1. The van der Waals surface area contributed by atoms with Crippen molar-refractivity contribution in [3.63, 3.8) is 0 Å². The third kappa shape index (κ3) is 3.76. The number of hydrogen-bond donors (Lipinski definition) is 2. The molecule has 0 saturated heterocycles. The summed E-state index contributed by atoms with van der Waals surface area (Å²) in [6.07, 6.45) is 5.98. The number of amides is 1. The van der Waals surface area contributed by atoms with E-state index in [4.69, 9.17) is 4.74 Å². The Balaban J connectivity index is 1.56. The van der Waals surface area contributed by atoms with Crippen molar-refractivity contribution in [2.75, 3.05) is 26.8 Å². The predicted molar refractivity (Wildman–Crippen MR) is 62.2 cm³/mol. The molecule has 0 aromatic carbocycles. The van der Waals surface area contributed by atoms with E-state index in [1.807, 2.05) is 0 Å². The maximum absolute atomic E-state index is 11.5. The molecule has 2 N–H and O–H groups in total. The van der Waals surface area contributed by atoms with Gasteiger partial charge < -0.3 is 15.4 Å². The molecule has 0 heterocycles. The Labute approximate surface area is 97.1 Å². The largest absolute Gasteiger partial charge is 0.385 e. The van der Waals surface area contributed by atoms with Gasteiger partial charge in [0.1, 0.15) is 0 Å². The van der Waals surface area contributed by atoms with Gasteiger partial charge in [-0.15, -0.1) is 0 Å². The molecule has 0 radical (unpaired) electrons. The second kappa shape index (κ2) is 5.15. The van der Waals surface area contributed by atoms with Crippen LogP contribution in [0.3, 0.4) is 0 Å². The first-order chi connectivity index (χ1) is 7.74. The molecule has 0 bridgehead atoms. The molecule has 1 amide bonds. The van der Waals surface area contributed by atoms with Crippen molar-refractivity contribution in [3.8, 4) is 0 Å². The van der Waals surface area contributed by atoms with Gasteiger partial charge in [-0.25, -0.2) is 0 Å². The van der Waals surface area contributed by atoms with Crippen LogP contribution in [0, 0.1) is 5.41 Å². The Bertz CT molecular complexity index is 247. The molecule has 92 valence electrons. The predicted octanol–water partition coefficient (Wildman–Crippen LogP) is 0.671. The van der Waals surface area contributed by atoms with Gasteiger partial charge in [-0.1, -0.05) is 0 Å². The molecular formula is C12H22N2O2. The molecule has 0 unspecified atom stereocenters. The molecule has 0 aliphatic heterocycles. The molecule has 0 spiro atoms. The summed E-state index contributed by atoms with van der Waals surface area (Å²) in [4.78, 5) is 11.5. The van der Waals surface area contributed by atoms with E-state index in [2.05, 4.69) is 10.6 Å². The molecule has 2 rings (SSSR count). The Kier molecular flexibility index (Phi) is 3.82. The summed E-state index contributed by atoms with van der Waals surface area (Å²) in [5, 5.41) is 6.24. The summed E-state index contributed by atoms with van der Waals surface area (Å²) in [5.41, 5.74) is 0.352. The number of carbonyl (C=O) groups excluding carboxylic acids is 1. The van der Waals surface area contributed by atoms with Crippen molar-refractivity contribution in [2.24, 2.45) is 5.41 Å². The summed E-state index contributed by atoms with van der Waals surface area (Å²) >= 11 is 0. The lowest BCUT2D eigenvalue weighted by molar-refractivity contribution is -0.120. The minimum atomic E-state index is 0.135. The maximum atomic E-state index is 11.5. The normalized spacial score (nSPS) is 21.8. The molecule has 2 aliphatic rings. The molecule has 0 atom stereocenters. The summed E-state index contributed by atoms with van der Waals surface area (Å²) in [5.74, 6) is 0.135. The zero-order chi connectivity index (χ0) is 11.4. The second-order valence-corrected chi connectivity index (χ2v) is 5.17. The van der Waals surface area contributed by atoms with Crippen LogP contribution in [-0.2, 0) is 9.53 Å². The quantitative estimate of drug-likeness (QED) is 0.639. The Hall–Kier alpha value is -0.610. The lowest BCUT2D eigenvalue weighted by Crippen LogP contribution is -2.38. The summed E-state index contributed by atoms with van der Waals surface area (Å²) in [6.45, 7) is 2.10. The molecule has 0 aromatic rings. The standard InChI is InChI=1S/C12H22N2O2/c1-16-7-6-12(4-5-12)9-14-11(15)8-13-10-2-3-10/h10,13H,2-9H2,1H3,(H,14,15). The fourth-order valence-electron chi connectivity index (χ4n) is 1.88. The van der Waals surface area contributed by atoms with Crippen LogP contribution >= 0.6 is 0 Å². The van der Waals surface area contributed by atoms with E-state index in [0.717, 1.165) is 19.6 Å². The summed E-state index contributed by atoms with van der Waals surface area (Å²) in [7, 11) is 1.73. The zero-order valence-corrected chi connectivity index (χ0v) is 10.1. The highest BCUT2D eigenvalue weighted by molar-refractivity contribution is 5.78. The minimum Gasteiger partial charge on any atom is -0.385 e. The SMILES string of the molecule is COCCC1(CNC(=O)CNC2CC2)CC1. The number of carbonyl (C=O) groups is 1. The number of nitrogens with one attached hydrogen (secondary N) is 2. The van der Waals surface area contributed by atoms with Crippen molar-refractivity contribution >= 4 is 5.91 Å². The van der Waals surface area contributed by atoms with E-state index < -0.39 is 0 Å². The van der Waals surface area contributed by atoms with Crippen LogP contribution in [0.1, 0.15) is 32.1 Å². The van der Waals surface area contributed by atoms with Crippen molar-refractivity contribution in [2.45, 2.75) is 38.1 Å². The van der Waals surface area contributed by atoms with Gasteiger partial charge >= 0.3 is 0 Å². The third-order valence-corrected chi connectivity index (χ3v) is 3.58. The van der Waals surface area contributed by atoms with E-state index in [-0.39, 0.29) is 5.91 Å². The monoisotopic (exact) mass is 226 g/mol. The number of methoxy groups -OCH3 is 1. The van der Waals surface area contributed by atoms with E-state index >= 15 is 0 Å². The Morgan fingerprint density at radius 3 is 2.75 bits per heavy atom. The van der Waals surface area contributed by atoms with E-state index in [0.29, 0.717) is 18.0 Å². The van der Waals surface area contributed by atoms with Gasteiger partial charge in [0.25, 0.3) is 0 Å². The lowest BCUT2D eigenvalue weighted by atomic mass is 10.0. The average Bonchev–Trinajstić information content (AvgIpc) is 3.16. The Morgan fingerprint density at radius 1 is 1.44 bits per heavy atom. The van der Waals surface area contributed by atoms with Crippen LogP contribution in [0.25, 0.3) is 0 Å². The second-order valence-electron chi connectivity index (χ2n) is 5.17. The van der Waals surface area contributed by atoms with Crippen LogP contribution in [-0.4, -0.2) is 38.8 Å². The smallest absolute Gasteiger partial charge is 0.233 e. The molecule has 4 heteroatoms. The van der Waals surface area contributed by atoms with Gasteiger partial charge in [0, 0.05) is 26.3 Å². The van der Waals surface area contributed by atoms with Crippen LogP contribution < -0.4 is 10.6 Å². The molecule has 2 aliphatic carbocycles. The van der Waals surface area contributed by atoms with Gasteiger partial charge in [0.05, 0.1) is 6.54 Å². The van der Waals surface area contributed by atoms with E-state index in [1.165, 1.54) is 25.7 Å². The van der Waals surface area contributed by atoms with Crippen molar-refractivity contribution < 1.29 is 9.53 Å². The molecule has 0 aromatic heterocycles. The highest BCUT2D eigenvalue weighted by Gasteiger charge is 2.42. The first-order valence-electron chi connectivity index (χ1n) is 6.23. The third-order valence-electron chi connectivity index (χ3n) is 3.58. The summed E-state index contributed by atoms with van der Waals surface area (Å²) in [6, 6.07) is 0.606. The number of hydrogen-bond acceptors (Lipinski definition) is 3. The minimum absolute atomic E-state index is 0.135. The average molecular weight is 226 g/mol. The maximum Gasteiger partial charge on any atom is 0.233 e. The van der Waals surface area contributed by atoms with Gasteiger partial charge in [-0.05, 0) is 37.5 Å². The van der Waals surface area contributed by atoms with Gasteiger partial charge in [-0.3, -0.25) is 4.79 Å². The number of rotatable bonds is 8. The first-order valence-corrected chi connectivity index (χ1v) is 6.23. The Morgan fingerprint density at radius 2 is 2.19 bits per heavy atom. The lowest BCUT2D eigenvalue weighted by Gasteiger charge is -2.15. The van der Waals surface area contributed by atoms with Crippen molar-refractivity contribution in [1.29, 1.82) is 0 Å². The number of ether oxygens (including phenoxy) is 1. The van der Waals surface area contributed by atoms with E-state index in [9.17, 15) is 4.79 Å². The van der Waals surface area contributed by atoms with Gasteiger partial charge in [-0.2, -0.15) is 0 Å². The summed E-state index contributed by atoms with van der Waals surface area (Å²) < 4.78 is 5.09. The molecule has 16 heavy (non-hydrogen) atoms. The first kappa shape index (κ1) is 11.9. The topological polar surface area (TPSA) is 50.4 Å². The molecule has 2 saturated carbocycles. The van der Waals surface area contributed by atoms with Crippen molar-refractivity contribution in [3.05, 3.63) is 0 Å². The van der Waals surface area contributed by atoms with Crippen LogP contribution in [0.2, 0.25) is 0 Å².